The first-order valence-electron chi connectivity index (χ1n) is 8.71. The second kappa shape index (κ2) is 9.16. The number of ether oxygens (including phenoxy) is 1. The van der Waals surface area contributed by atoms with E-state index in [1.54, 1.807) is 5.38 Å². The number of nitrogens with one attached hydrogen (secondary N) is 2. The Morgan fingerprint density at radius 3 is 2.89 bits per heavy atom. The van der Waals surface area contributed by atoms with Crippen molar-refractivity contribution in [3.8, 4) is 5.75 Å². The Morgan fingerprint density at radius 1 is 1.39 bits per heavy atom. The molecule has 2 aromatic rings. The van der Waals surface area contributed by atoms with Crippen LogP contribution in [0.5, 0.6) is 5.75 Å². The van der Waals surface area contributed by atoms with Crippen LogP contribution in [0.3, 0.4) is 0 Å². The lowest BCUT2D eigenvalue weighted by molar-refractivity contribution is -0.123. The Labute approximate surface area is 170 Å². The van der Waals surface area contributed by atoms with Crippen LogP contribution in [0.2, 0.25) is 5.02 Å². The Balaban J connectivity index is 1.34. The SMILES string of the molecule is C=C(CCNC(=O)COc1ccc(Cl)c(F)c1)NC(=O)c1csc(C2CC2)n1. The van der Waals surface area contributed by atoms with Crippen molar-refractivity contribution in [1.29, 1.82) is 0 Å². The number of nitrogens with zero attached hydrogens (tertiary/aromatic N) is 1. The van der Waals surface area contributed by atoms with Crippen LogP contribution in [-0.4, -0.2) is 29.9 Å². The molecule has 1 saturated carbocycles. The first kappa shape index (κ1) is 20.3. The predicted octanol–water partition coefficient (Wildman–Crippen LogP) is 3.64. The van der Waals surface area contributed by atoms with Crippen molar-refractivity contribution >= 4 is 34.8 Å². The molecule has 3 rings (SSSR count). The highest BCUT2D eigenvalue weighted by Crippen LogP contribution is 2.41. The molecule has 1 aromatic carbocycles. The highest BCUT2D eigenvalue weighted by Gasteiger charge is 2.27. The summed E-state index contributed by atoms with van der Waals surface area (Å²) in [6.45, 7) is 3.81. The fourth-order valence-corrected chi connectivity index (χ4v) is 3.41. The van der Waals surface area contributed by atoms with Crippen LogP contribution in [0.4, 0.5) is 4.39 Å². The smallest absolute Gasteiger partial charge is 0.274 e. The standard InChI is InChI=1S/C19H19ClFN3O3S/c1-11(23-18(26)16-10-28-19(24-16)12-2-3-12)6-7-22-17(25)9-27-13-4-5-14(20)15(21)8-13/h4-5,8,10,12H,1-3,6-7,9H2,(H,22,25)(H,23,26). The van der Waals surface area contributed by atoms with E-state index in [1.807, 2.05) is 0 Å². The molecular weight excluding hydrogens is 405 g/mol. The summed E-state index contributed by atoms with van der Waals surface area (Å²) in [4.78, 5) is 28.3. The third-order valence-electron chi connectivity index (χ3n) is 3.98. The molecule has 0 radical (unpaired) electrons. The van der Waals surface area contributed by atoms with Gasteiger partial charge in [0.15, 0.2) is 6.61 Å². The van der Waals surface area contributed by atoms with Gasteiger partial charge in [-0.25, -0.2) is 9.37 Å². The van der Waals surface area contributed by atoms with Gasteiger partial charge in [0.2, 0.25) is 0 Å². The maximum absolute atomic E-state index is 13.3. The summed E-state index contributed by atoms with van der Waals surface area (Å²) in [7, 11) is 0. The summed E-state index contributed by atoms with van der Waals surface area (Å²) in [5, 5.41) is 8.06. The molecule has 0 saturated heterocycles. The molecule has 1 heterocycles. The molecule has 0 atom stereocenters. The largest absolute Gasteiger partial charge is 0.484 e. The van der Waals surface area contributed by atoms with Gasteiger partial charge in [0, 0.05) is 36.0 Å². The lowest BCUT2D eigenvalue weighted by atomic mass is 10.3. The molecule has 2 amide bonds. The number of hydrogen-bond donors (Lipinski definition) is 2. The molecule has 1 aromatic heterocycles. The Kier molecular flexibility index (Phi) is 6.64. The summed E-state index contributed by atoms with van der Waals surface area (Å²) < 4.78 is 18.5. The van der Waals surface area contributed by atoms with Gasteiger partial charge in [-0.15, -0.1) is 11.3 Å². The predicted molar refractivity (Wildman–Crippen MR) is 105 cm³/mol. The van der Waals surface area contributed by atoms with Crippen molar-refractivity contribution in [2.75, 3.05) is 13.2 Å². The number of carbonyl (C=O) groups is 2. The normalized spacial score (nSPS) is 13.1. The van der Waals surface area contributed by atoms with Crippen molar-refractivity contribution in [2.24, 2.45) is 0 Å². The Hall–Kier alpha value is -2.45. The molecule has 9 heteroatoms. The number of thiazole rings is 1. The number of benzene rings is 1. The molecule has 28 heavy (non-hydrogen) atoms. The van der Waals surface area contributed by atoms with Gasteiger partial charge in [-0.2, -0.15) is 0 Å². The number of aromatic nitrogens is 1. The van der Waals surface area contributed by atoms with Gasteiger partial charge < -0.3 is 15.4 Å². The lowest BCUT2D eigenvalue weighted by Crippen LogP contribution is -2.31. The minimum absolute atomic E-state index is 0.0150. The summed E-state index contributed by atoms with van der Waals surface area (Å²) in [5.41, 5.74) is 0.868. The maximum atomic E-state index is 13.3. The summed E-state index contributed by atoms with van der Waals surface area (Å²) in [6.07, 6.45) is 2.64. The van der Waals surface area contributed by atoms with E-state index in [2.05, 4.69) is 22.2 Å². The first-order valence-corrected chi connectivity index (χ1v) is 9.97. The van der Waals surface area contributed by atoms with E-state index in [9.17, 15) is 14.0 Å². The van der Waals surface area contributed by atoms with E-state index >= 15 is 0 Å². The highest BCUT2D eigenvalue weighted by molar-refractivity contribution is 7.10. The van der Waals surface area contributed by atoms with Crippen molar-refractivity contribution in [3.05, 3.63) is 57.4 Å². The van der Waals surface area contributed by atoms with Gasteiger partial charge in [0.1, 0.15) is 17.3 Å². The third-order valence-corrected chi connectivity index (χ3v) is 5.30. The van der Waals surface area contributed by atoms with E-state index < -0.39 is 5.82 Å². The van der Waals surface area contributed by atoms with Crippen molar-refractivity contribution in [2.45, 2.75) is 25.2 Å². The van der Waals surface area contributed by atoms with Gasteiger partial charge in [-0.3, -0.25) is 9.59 Å². The van der Waals surface area contributed by atoms with Gasteiger partial charge in [0.25, 0.3) is 11.8 Å². The molecule has 0 unspecified atom stereocenters. The Bertz CT molecular complexity index is 898. The molecular formula is C19H19ClFN3O3S. The second-order valence-electron chi connectivity index (χ2n) is 6.37. The van der Waals surface area contributed by atoms with Crippen LogP contribution < -0.4 is 15.4 Å². The van der Waals surface area contributed by atoms with Crippen LogP contribution in [0.1, 0.15) is 40.7 Å². The zero-order valence-electron chi connectivity index (χ0n) is 15.0. The minimum atomic E-state index is -0.615. The highest BCUT2D eigenvalue weighted by atomic mass is 35.5. The summed E-state index contributed by atoms with van der Waals surface area (Å²) in [6, 6.07) is 3.94. The Morgan fingerprint density at radius 2 is 2.18 bits per heavy atom. The van der Waals surface area contributed by atoms with Crippen LogP contribution in [0, 0.1) is 5.82 Å². The fraction of sp³-hybridized carbons (Fsp3) is 0.316. The number of carbonyl (C=O) groups excluding carboxylic acids is 2. The number of rotatable bonds is 9. The number of halogens is 2. The molecule has 0 aliphatic heterocycles. The minimum Gasteiger partial charge on any atom is -0.484 e. The van der Waals surface area contributed by atoms with Gasteiger partial charge in [0.05, 0.1) is 10.0 Å². The molecule has 148 valence electrons. The number of amides is 2. The van der Waals surface area contributed by atoms with Gasteiger partial charge >= 0.3 is 0 Å². The molecule has 2 N–H and O–H groups in total. The zero-order valence-corrected chi connectivity index (χ0v) is 16.5. The van der Waals surface area contributed by atoms with Gasteiger partial charge in [-0.1, -0.05) is 18.2 Å². The summed E-state index contributed by atoms with van der Waals surface area (Å²) >= 11 is 7.08. The number of hydrogen-bond acceptors (Lipinski definition) is 5. The molecule has 0 bridgehead atoms. The third kappa shape index (κ3) is 5.77. The molecule has 6 nitrogen and oxygen atoms in total. The molecule has 1 fully saturated rings. The van der Waals surface area contributed by atoms with E-state index in [1.165, 1.54) is 23.5 Å². The first-order chi connectivity index (χ1) is 13.4. The van der Waals surface area contributed by atoms with Crippen molar-refractivity contribution in [1.82, 2.24) is 15.6 Å². The van der Waals surface area contributed by atoms with Crippen molar-refractivity contribution < 1.29 is 18.7 Å². The monoisotopic (exact) mass is 423 g/mol. The molecule has 1 aliphatic carbocycles. The lowest BCUT2D eigenvalue weighted by Gasteiger charge is -2.10. The average molecular weight is 424 g/mol. The zero-order chi connectivity index (χ0) is 20.1. The van der Waals surface area contributed by atoms with Crippen LogP contribution >= 0.6 is 22.9 Å². The van der Waals surface area contributed by atoms with Crippen LogP contribution in [0.25, 0.3) is 0 Å². The van der Waals surface area contributed by atoms with E-state index in [0.717, 1.165) is 23.9 Å². The van der Waals surface area contributed by atoms with Crippen LogP contribution in [0.15, 0.2) is 35.9 Å². The summed E-state index contributed by atoms with van der Waals surface area (Å²) in [5.74, 6) is -0.564. The molecule has 0 spiro atoms. The van der Waals surface area contributed by atoms with Crippen molar-refractivity contribution in [3.63, 3.8) is 0 Å². The molecule has 1 aliphatic rings. The maximum Gasteiger partial charge on any atom is 0.274 e. The average Bonchev–Trinajstić information content (AvgIpc) is 3.39. The second-order valence-corrected chi connectivity index (χ2v) is 7.66. The quantitative estimate of drug-likeness (QED) is 0.645. The van der Waals surface area contributed by atoms with E-state index in [0.29, 0.717) is 23.7 Å². The van der Waals surface area contributed by atoms with Gasteiger partial charge in [-0.05, 0) is 25.0 Å². The fourth-order valence-electron chi connectivity index (χ4n) is 2.32. The van der Waals surface area contributed by atoms with E-state index in [4.69, 9.17) is 16.3 Å². The van der Waals surface area contributed by atoms with E-state index in [-0.39, 0.29) is 35.7 Å². The topological polar surface area (TPSA) is 80.3 Å². The van der Waals surface area contributed by atoms with Crippen LogP contribution in [-0.2, 0) is 4.79 Å².